The van der Waals surface area contributed by atoms with Crippen molar-refractivity contribution in [1.82, 2.24) is 0 Å². The van der Waals surface area contributed by atoms with Gasteiger partial charge in [0.1, 0.15) is 0 Å². The van der Waals surface area contributed by atoms with Gasteiger partial charge in [0, 0.05) is 0 Å². The van der Waals surface area contributed by atoms with E-state index in [1.807, 2.05) is 0 Å². The Morgan fingerprint density at radius 1 is 0.815 bits per heavy atom. The van der Waals surface area contributed by atoms with Crippen LogP contribution in [0.3, 0.4) is 0 Å². The highest BCUT2D eigenvalue weighted by Crippen LogP contribution is 2.41. The molecular formula is C25H34F2. The summed E-state index contributed by atoms with van der Waals surface area (Å²) in [5.41, 5.74) is 0.871. The van der Waals surface area contributed by atoms with Gasteiger partial charge in [-0.15, -0.1) is 0 Å². The maximum Gasteiger partial charge on any atom is 0.159 e. The molecule has 0 atom stereocenters. The monoisotopic (exact) mass is 372 g/mol. The molecular weight excluding hydrogens is 338 g/mol. The van der Waals surface area contributed by atoms with Crippen LogP contribution in [-0.2, 0) is 6.42 Å². The molecule has 0 bridgehead atoms. The van der Waals surface area contributed by atoms with E-state index in [9.17, 15) is 8.78 Å². The number of hydrogen-bond acceptors (Lipinski definition) is 0. The SMILES string of the molecule is C/C=C/C1CCC(C2CCC(/C=C/CCc3ccc(F)c(F)c3)CC2)CC1. The van der Waals surface area contributed by atoms with Crippen molar-refractivity contribution in [1.29, 1.82) is 0 Å². The average molecular weight is 373 g/mol. The Morgan fingerprint density at radius 3 is 1.96 bits per heavy atom. The van der Waals surface area contributed by atoms with Gasteiger partial charge in [0.2, 0.25) is 0 Å². The summed E-state index contributed by atoms with van der Waals surface area (Å²) in [5.74, 6) is 1.95. The number of hydrogen-bond donors (Lipinski definition) is 0. The van der Waals surface area contributed by atoms with E-state index in [1.54, 1.807) is 6.07 Å². The molecule has 0 nitrogen and oxygen atoms in total. The summed E-state index contributed by atoms with van der Waals surface area (Å²) in [5, 5.41) is 0. The Hall–Kier alpha value is -1.44. The van der Waals surface area contributed by atoms with Crippen LogP contribution in [0.2, 0.25) is 0 Å². The summed E-state index contributed by atoms with van der Waals surface area (Å²) >= 11 is 0. The first-order valence-electron chi connectivity index (χ1n) is 10.9. The van der Waals surface area contributed by atoms with E-state index in [-0.39, 0.29) is 0 Å². The summed E-state index contributed by atoms with van der Waals surface area (Å²) < 4.78 is 26.2. The van der Waals surface area contributed by atoms with Crippen molar-refractivity contribution in [3.63, 3.8) is 0 Å². The normalized spacial score (nSPS) is 29.6. The van der Waals surface area contributed by atoms with Crippen molar-refractivity contribution < 1.29 is 8.78 Å². The zero-order valence-electron chi connectivity index (χ0n) is 16.7. The molecule has 2 aliphatic rings. The van der Waals surface area contributed by atoms with E-state index in [1.165, 1.54) is 63.5 Å². The highest BCUT2D eigenvalue weighted by atomic mass is 19.2. The van der Waals surface area contributed by atoms with Gasteiger partial charge in [-0.25, -0.2) is 8.78 Å². The zero-order valence-corrected chi connectivity index (χ0v) is 16.7. The first-order valence-corrected chi connectivity index (χ1v) is 10.9. The first kappa shape index (κ1) is 20.3. The molecule has 0 aromatic heterocycles. The number of allylic oxidation sites excluding steroid dienone is 4. The van der Waals surface area contributed by atoms with E-state index < -0.39 is 11.6 Å². The lowest BCUT2D eigenvalue weighted by atomic mass is 9.69. The highest BCUT2D eigenvalue weighted by molar-refractivity contribution is 5.18. The van der Waals surface area contributed by atoms with E-state index in [0.717, 1.165) is 36.2 Å². The third-order valence-corrected chi connectivity index (χ3v) is 6.76. The molecule has 0 amide bonds. The molecule has 0 spiro atoms. The van der Waals surface area contributed by atoms with Crippen LogP contribution in [0, 0.1) is 35.3 Å². The van der Waals surface area contributed by atoms with E-state index in [4.69, 9.17) is 0 Å². The lowest BCUT2D eigenvalue weighted by Gasteiger charge is -2.36. The van der Waals surface area contributed by atoms with E-state index in [2.05, 4.69) is 31.2 Å². The minimum Gasteiger partial charge on any atom is -0.204 e. The molecule has 2 saturated carbocycles. The molecule has 1 aromatic rings. The van der Waals surface area contributed by atoms with Crippen molar-refractivity contribution in [3.05, 3.63) is 59.7 Å². The van der Waals surface area contributed by atoms with Gasteiger partial charge >= 0.3 is 0 Å². The van der Waals surface area contributed by atoms with Gasteiger partial charge in [0.05, 0.1) is 0 Å². The quantitative estimate of drug-likeness (QED) is 0.450. The molecule has 0 heterocycles. The van der Waals surface area contributed by atoms with Crippen LogP contribution in [0.15, 0.2) is 42.5 Å². The minimum atomic E-state index is -0.763. The van der Waals surface area contributed by atoms with Crippen LogP contribution in [-0.4, -0.2) is 0 Å². The highest BCUT2D eigenvalue weighted by Gasteiger charge is 2.29. The Kier molecular flexibility index (Phi) is 7.67. The Morgan fingerprint density at radius 2 is 1.41 bits per heavy atom. The van der Waals surface area contributed by atoms with Gasteiger partial charge in [-0.05, 0) is 112 Å². The fraction of sp³-hybridized carbons (Fsp3) is 0.600. The summed E-state index contributed by atoms with van der Waals surface area (Å²) in [6.07, 6.45) is 22.0. The molecule has 0 N–H and O–H groups in total. The van der Waals surface area contributed by atoms with E-state index >= 15 is 0 Å². The standard InChI is InChI=1S/C25H34F2/c1-2-5-19-8-13-22(14-9-19)23-15-10-20(11-16-23)6-3-4-7-21-12-17-24(26)25(27)18-21/h2-3,5-6,12,17-20,22-23H,4,7-11,13-16H2,1H3/b5-2+,6-3+. The van der Waals surface area contributed by atoms with Gasteiger partial charge in [-0.2, -0.15) is 0 Å². The number of rotatable bonds is 6. The van der Waals surface area contributed by atoms with Crippen LogP contribution in [0.5, 0.6) is 0 Å². The number of benzene rings is 1. The van der Waals surface area contributed by atoms with Crippen LogP contribution in [0.1, 0.15) is 70.3 Å². The topological polar surface area (TPSA) is 0 Å². The van der Waals surface area contributed by atoms with Gasteiger partial charge in [0.25, 0.3) is 0 Å². The third kappa shape index (κ3) is 6.02. The van der Waals surface area contributed by atoms with Crippen molar-refractivity contribution in [2.75, 3.05) is 0 Å². The molecule has 0 aliphatic heterocycles. The molecule has 2 aliphatic carbocycles. The molecule has 3 rings (SSSR count). The van der Waals surface area contributed by atoms with Crippen molar-refractivity contribution >= 4 is 0 Å². The second-order valence-electron chi connectivity index (χ2n) is 8.59. The van der Waals surface area contributed by atoms with Gasteiger partial charge in [-0.1, -0.05) is 30.4 Å². The van der Waals surface area contributed by atoms with Gasteiger partial charge < -0.3 is 0 Å². The fourth-order valence-electron chi connectivity index (χ4n) is 5.12. The molecule has 2 heteroatoms. The second-order valence-corrected chi connectivity index (χ2v) is 8.59. The van der Waals surface area contributed by atoms with Crippen LogP contribution < -0.4 is 0 Å². The predicted molar refractivity (Wildman–Crippen MR) is 110 cm³/mol. The van der Waals surface area contributed by atoms with E-state index in [0.29, 0.717) is 5.92 Å². The molecule has 0 unspecified atom stereocenters. The Balaban J connectivity index is 1.35. The third-order valence-electron chi connectivity index (χ3n) is 6.76. The first-order chi connectivity index (χ1) is 13.2. The Bertz CT molecular complexity index is 630. The van der Waals surface area contributed by atoms with Crippen molar-refractivity contribution in [2.45, 2.75) is 71.1 Å². The molecule has 1 aromatic carbocycles. The molecule has 0 saturated heterocycles. The lowest BCUT2D eigenvalue weighted by Crippen LogP contribution is -2.25. The second kappa shape index (κ2) is 10.2. The summed E-state index contributed by atoms with van der Waals surface area (Å²) in [6.45, 7) is 2.14. The van der Waals surface area contributed by atoms with Crippen molar-refractivity contribution in [3.8, 4) is 0 Å². The smallest absolute Gasteiger partial charge is 0.159 e. The van der Waals surface area contributed by atoms with Gasteiger partial charge in [0.15, 0.2) is 11.6 Å². The maximum absolute atomic E-state index is 13.2. The minimum absolute atomic E-state index is 0.713. The maximum atomic E-state index is 13.2. The van der Waals surface area contributed by atoms with Gasteiger partial charge in [-0.3, -0.25) is 0 Å². The zero-order chi connectivity index (χ0) is 19.1. The summed E-state index contributed by atoms with van der Waals surface area (Å²) in [6, 6.07) is 4.23. The average Bonchev–Trinajstić information content (AvgIpc) is 2.69. The summed E-state index contributed by atoms with van der Waals surface area (Å²) in [4.78, 5) is 0. The molecule has 2 fully saturated rings. The summed E-state index contributed by atoms with van der Waals surface area (Å²) in [7, 11) is 0. The largest absolute Gasteiger partial charge is 0.204 e. The Labute approximate surface area is 163 Å². The number of halogens is 2. The van der Waals surface area contributed by atoms with Crippen LogP contribution >= 0.6 is 0 Å². The van der Waals surface area contributed by atoms with Crippen LogP contribution in [0.4, 0.5) is 8.78 Å². The number of aryl methyl sites for hydroxylation is 1. The molecule has 0 radical (unpaired) electrons. The van der Waals surface area contributed by atoms with Crippen molar-refractivity contribution in [2.24, 2.45) is 23.7 Å². The van der Waals surface area contributed by atoms with Crippen LogP contribution in [0.25, 0.3) is 0 Å². The predicted octanol–water partition coefficient (Wildman–Crippen LogP) is 7.64. The fourth-order valence-corrected chi connectivity index (χ4v) is 5.12. The molecule has 148 valence electrons. The lowest BCUT2D eigenvalue weighted by molar-refractivity contribution is 0.166. The molecule has 27 heavy (non-hydrogen) atoms.